The molecule has 2 heterocycles. The lowest BCUT2D eigenvalue weighted by atomic mass is 10.1. The molecule has 20 heavy (non-hydrogen) atoms. The Kier molecular flexibility index (Phi) is 4.04. The second kappa shape index (κ2) is 6.11. The number of aromatic nitrogens is 2. The third-order valence-electron chi connectivity index (χ3n) is 3.47. The summed E-state index contributed by atoms with van der Waals surface area (Å²) in [5, 5.41) is 9.26. The maximum absolute atomic E-state index is 4.41. The molecule has 0 radical (unpaired) electrons. The Bertz CT molecular complexity index is 674. The molecule has 1 unspecified atom stereocenters. The first-order valence-corrected chi connectivity index (χ1v) is 7.71. The Morgan fingerprint density at radius 1 is 1.25 bits per heavy atom. The van der Waals surface area contributed by atoms with E-state index in [0.717, 1.165) is 18.0 Å². The monoisotopic (exact) mass is 283 g/mol. The van der Waals surface area contributed by atoms with Crippen molar-refractivity contribution in [3.05, 3.63) is 58.8 Å². The van der Waals surface area contributed by atoms with Crippen LogP contribution in [-0.2, 0) is 6.54 Å². The summed E-state index contributed by atoms with van der Waals surface area (Å²) in [6.07, 6.45) is 6.68. The minimum atomic E-state index is 0.326. The Labute approximate surface area is 122 Å². The molecule has 0 fully saturated rings. The number of rotatable bonds is 5. The van der Waals surface area contributed by atoms with E-state index in [2.05, 4.69) is 46.5 Å². The van der Waals surface area contributed by atoms with Crippen LogP contribution in [0.2, 0.25) is 0 Å². The smallest absolute Gasteiger partial charge is 0.109 e. The van der Waals surface area contributed by atoms with Gasteiger partial charge in [0.05, 0.1) is 6.04 Å². The van der Waals surface area contributed by atoms with Crippen LogP contribution in [0.25, 0.3) is 10.8 Å². The molecule has 0 aliphatic carbocycles. The van der Waals surface area contributed by atoms with Gasteiger partial charge in [0.1, 0.15) is 5.01 Å². The Morgan fingerprint density at radius 3 is 3.00 bits per heavy atom. The van der Waals surface area contributed by atoms with Gasteiger partial charge in [0.15, 0.2) is 0 Å². The highest BCUT2D eigenvalue weighted by atomic mass is 32.1. The molecule has 0 spiro atoms. The summed E-state index contributed by atoms with van der Waals surface area (Å²) < 4.78 is 0. The normalized spacial score (nSPS) is 12.7. The zero-order chi connectivity index (χ0) is 13.8. The minimum absolute atomic E-state index is 0.326. The molecule has 0 bridgehead atoms. The summed E-state index contributed by atoms with van der Waals surface area (Å²) in [4.78, 5) is 8.59. The standard InChI is InChI=1S/C16H17N3S/c1-2-15(16-18-8-9-20-16)19-11-13-5-3-4-12-10-17-7-6-14(12)13/h3-10,15,19H,2,11H2,1H3. The summed E-state index contributed by atoms with van der Waals surface area (Å²) in [6, 6.07) is 8.77. The zero-order valence-electron chi connectivity index (χ0n) is 11.4. The molecule has 0 amide bonds. The molecule has 4 heteroatoms. The first-order valence-electron chi connectivity index (χ1n) is 6.83. The molecular weight excluding hydrogens is 266 g/mol. The van der Waals surface area contributed by atoms with E-state index < -0.39 is 0 Å². The van der Waals surface area contributed by atoms with Gasteiger partial charge in [0.2, 0.25) is 0 Å². The summed E-state index contributed by atoms with van der Waals surface area (Å²) in [5.41, 5.74) is 1.31. The largest absolute Gasteiger partial charge is 0.304 e. The molecule has 0 saturated heterocycles. The van der Waals surface area contributed by atoms with Crippen molar-refractivity contribution in [3.63, 3.8) is 0 Å². The van der Waals surface area contributed by atoms with Crippen LogP contribution in [0, 0.1) is 0 Å². The lowest BCUT2D eigenvalue weighted by molar-refractivity contribution is 0.518. The highest BCUT2D eigenvalue weighted by Crippen LogP contribution is 2.21. The molecule has 1 N–H and O–H groups in total. The SMILES string of the molecule is CCC(NCc1cccc2cnccc12)c1nccs1. The maximum Gasteiger partial charge on any atom is 0.109 e. The van der Waals surface area contributed by atoms with Crippen molar-refractivity contribution in [1.82, 2.24) is 15.3 Å². The molecule has 0 aliphatic rings. The molecule has 2 aromatic heterocycles. The fourth-order valence-corrected chi connectivity index (χ4v) is 3.19. The molecule has 0 aliphatic heterocycles. The van der Waals surface area contributed by atoms with E-state index >= 15 is 0 Å². The number of nitrogens with zero attached hydrogens (tertiary/aromatic N) is 2. The average Bonchev–Trinajstić information content (AvgIpc) is 3.02. The third-order valence-corrected chi connectivity index (χ3v) is 4.36. The van der Waals surface area contributed by atoms with Crippen LogP contribution in [-0.4, -0.2) is 9.97 Å². The van der Waals surface area contributed by atoms with Gasteiger partial charge in [-0.1, -0.05) is 25.1 Å². The molecule has 1 atom stereocenters. The zero-order valence-corrected chi connectivity index (χ0v) is 12.2. The third kappa shape index (κ3) is 2.71. The fourth-order valence-electron chi connectivity index (χ4n) is 2.39. The molecule has 3 rings (SSSR count). The van der Waals surface area contributed by atoms with E-state index in [1.54, 1.807) is 11.3 Å². The van der Waals surface area contributed by atoms with Crippen LogP contribution in [0.5, 0.6) is 0 Å². The Morgan fingerprint density at radius 2 is 2.20 bits per heavy atom. The van der Waals surface area contributed by atoms with E-state index in [1.165, 1.54) is 16.3 Å². The number of nitrogens with one attached hydrogen (secondary N) is 1. The Hall–Kier alpha value is -1.78. The van der Waals surface area contributed by atoms with Crippen LogP contribution in [0.3, 0.4) is 0 Å². The molecule has 0 saturated carbocycles. The number of hydrogen-bond donors (Lipinski definition) is 1. The van der Waals surface area contributed by atoms with E-state index in [9.17, 15) is 0 Å². The summed E-state index contributed by atoms with van der Waals surface area (Å²) >= 11 is 1.71. The van der Waals surface area contributed by atoms with Crippen LogP contribution in [0.4, 0.5) is 0 Å². The van der Waals surface area contributed by atoms with Crippen LogP contribution < -0.4 is 5.32 Å². The van der Waals surface area contributed by atoms with Gasteiger partial charge < -0.3 is 5.32 Å². The van der Waals surface area contributed by atoms with Crippen molar-refractivity contribution in [1.29, 1.82) is 0 Å². The molecule has 3 aromatic rings. The van der Waals surface area contributed by atoms with Crippen molar-refractivity contribution < 1.29 is 0 Å². The summed E-state index contributed by atoms with van der Waals surface area (Å²) in [6.45, 7) is 3.03. The van der Waals surface area contributed by atoms with Crippen molar-refractivity contribution in [2.75, 3.05) is 0 Å². The summed E-state index contributed by atoms with van der Waals surface area (Å²) in [7, 11) is 0. The molecular formula is C16H17N3S. The molecule has 102 valence electrons. The average molecular weight is 283 g/mol. The number of fused-ring (bicyclic) bond motifs is 1. The van der Waals surface area contributed by atoms with Gasteiger partial charge >= 0.3 is 0 Å². The second-order valence-corrected chi connectivity index (χ2v) is 5.65. The van der Waals surface area contributed by atoms with Gasteiger partial charge in [-0.2, -0.15) is 0 Å². The van der Waals surface area contributed by atoms with Crippen LogP contribution in [0.1, 0.15) is 30.0 Å². The van der Waals surface area contributed by atoms with Gasteiger partial charge in [0, 0.05) is 35.9 Å². The van der Waals surface area contributed by atoms with E-state index in [4.69, 9.17) is 0 Å². The summed E-state index contributed by atoms with van der Waals surface area (Å²) in [5.74, 6) is 0. The predicted molar refractivity (Wildman–Crippen MR) is 83.7 cm³/mol. The maximum atomic E-state index is 4.41. The fraction of sp³-hybridized carbons (Fsp3) is 0.250. The quantitative estimate of drug-likeness (QED) is 0.771. The first kappa shape index (κ1) is 13.2. The van der Waals surface area contributed by atoms with Crippen molar-refractivity contribution >= 4 is 22.1 Å². The number of hydrogen-bond acceptors (Lipinski definition) is 4. The number of pyridine rings is 1. The van der Waals surface area contributed by atoms with Crippen molar-refractivity contribution in [2.45, 2.75) is 25.9 Å². The van der Waals surface area contributed by atoms with E-state index in [-0.39, 0.29) is 0 Å². The van der Waals surface area contributed by atoms with Crippen molar-refractivity contribution in [2.24, 2.45) is 0 Å². The van der Waals surface area contributed by atoms with Gasteiger partial charge in [-0.3, -0.25) is 4.98 Å². The highest BCUT2D eigenvalue weighted by molar-refractivity contribution is 7.09. The van der Waals surface area contributed by atoms with E-state index in [1.807, 2.05) is 24.0 Å². The van der Waals surface area contributed by atoms with Gasteiger partial charge in [-0.05, 0) is 23.4 Å². The highest BCUT2D eigenvalue weighted by Gasteiger charge is 2.11. The second-order valence-electron chi connectivity index (χ2n) is 4.73. The van der Waals surface area contributed by atoms with Gasteiger partial charge in [-0.15, -0.1) is 11.3 Å². The first-order chi connectivity index (χ1) is 9.88. The van der Waals surface area contributed by atoms with Gasteiger partial charge in [-0.25, -0.2) is 4.98 Å². The topological polar surface area (TPSA) is 37.8 Å². The lowest BCUT2D eigenvalue weighted by Gasteiger charge is -2.15. The Balaban J connectivity index is 1.80. The molecule has 1 aromatic carbocycles. The lowest BCUT2D eigenvalue weighted by Crippen LogP contribution is -2.20. The van der Waals surface area contributed by atoms with E-state index in [0.29, 0.717) is 6.04 Å². The number of thiazole rings is 1. The van der Waals surface area contributed by atoms with Crippen LogP contribution in [0.15, 0.2) is 48.2 Å². The minimum Gasteiger partial charge on any atom is -0.304 e. The predicted octanol–water partition coefficient (Wildman–Crippen LogP) is 3.93. The van der Waals surface area contributed by atoms with Crippen LogP contribution >= 0.6 is 11.3 Å². The number of benzene rings is 1. The van der Waals surface area contributed by atoms with Crippen molar-refractivity contribution in [3.8, 4) is 0 Å². The molecule has 3 nitrogen and oxygen atoms in total. The van der Waals surface area contributed by atoms with Gasteiger partial charge in [0.25, 0.3) is 0 Å².